The number of aliphatic hydroxyl groups is 8. The van der Waals surface area contributed by atoms with Gasteiger partial charge in [0.2, 0.25) is 5.79 Å². The Morgan fingerprint density at radius 3 is 1.98 bits per heavy atom. The number of carbonyl (C=O) groups excluding carboxylic acids is 2. The number of esters is 1. The first-order valence-electron chi connectivity index (χ1n) is 10.9. The summed E-state index contributed by atoms with van der Waals surface area (Å²) >= 11 is 0. The number of phosphoric ester groups is 1. The van der Waals surface area contributed by atoms with Crippen LogP contribution in [0.5, 0.6) is 0 Å². The maximum absolute atomic E-state index is 12.2. The fourth-order valence-corrected chi connectivity index (χ4v) is 4.03. The van der Waals surface area contributed by atoms with Crippen molar-refractivity contribution in [2.45, 2.75) is 73.2 Å². The quantitative estimate of drug-likeness (QED) is 0.0548. The molecule has 2 aliphatic rings. The van der Waals surface area contributed by atoms with Crippen molar-refractivity contribution in [2.24, 2.45) is 0 Å². The molecule has 0 aromatic rings. The summed E-state index contributed by atoms with van der Waals surface area (Å²) in [4.78, 5) is 52.2. The van der Waals surface area contributed by atoms with Gasteiger partial charge in [-0.3, -0.25) is 19.4 Å². The summed E-state index contributed by atoms with van der Waals surface area (Å²) in [6.07, 6.45) is -18.2. The van der Waals surface area contributed by atoms with Crippen molar-refractivity contribution in [1.82, 2.24) is 0 Å². The van der Waals surface area contributed by atoms with Crippen molar-refractivity contribution < 1.29 is 129 Å². The molecule has 0 aliphatic carbocycles. The second kappa shape index (κ2) is 14.5. The number of carbonyl (C=O) groups is 3. The Kier molecular flexibility index (Phi) is 13.5. The van der Waals surface area contributed by atoms with Crippen LogP contribution in [0.15, 0.2) is 0 Å². The van der Waals surface area contributed by atoms with Crippen LogP contribution in [0, 0.1) is 0 Å². The number of aliphatic carboxylic acids is 1. The molecule has 2 saturated heterocycles. The Morgan fingerprint density at radius 1 is 0.925 bits per heavy atom. The Hall–Kier alpha value is -0.880. The summed E-state index contributed by atoms with van der Waals surface area (Å²) in [6.45, 7) is -2.99. The molecule has 0 saturated carbocycles. The van der Waals surface area contributed by atoms with E-state index in [9.17, 15) is 59.8 Å². The molecular formula is C18H30NaO20P. The largest absolute Gasteiger partial charge is 1.00 e. The average Bonchev–Trinajstić information content (AvgIpc) is 3.07. The molecule has 0 radical (unpaired) electrons. The Labute approximate surface area is 247 Å². The average molecular weight is 620 g/mol. The number of carboxylic acids is 1. The maximum Gasteiger partial charge on any atom is 1.00 e. The molecule has 2 rings (SSSR count). The van der Waals surface area contributed by atoms with Crippen molar-refractivity contribution in [3.8, 4) is 0 Å². The second-order valence-corrected chi connectivity index (χ2v) is 9.87. The summed E-state index contributed by atoms with van der Waals surface area (Å²) in [6, 6.07) is 0. The van der Waals surface area contributed by atoms with E-state index in [0.717, 1.165) is 0 Å². The molecule has 0 aromatic carbocycles. The zero-order valence-corrected chi connectivity index (χ0v) is 23.6. The molecule has 0 aromatic heterocycles. The van der Waals surface area contributed by atoms with Gasteiger partial charge in [-0.15, -0.1) is 0 Å². The van der Waals surface area contributed by atoms with Crippen molar-refractivity contribution in [3.05, 3.63) is 0 Å². The molecule has 10 atom stereocenters. The van der Waals surface area contributed by atoms with E-state index in [-0.39, 0.29) is 31.0 Å². The van der Waals surface area contributed by atoms with Gasteiger partial charge in [0.25, 0.3) is 0 Å². The topological polar surface area (TPSA) is 337 Å². The van der Waals surface area contributed by atoms with Gasteiger partial charge in [0, 0.05) is 0 Å². The number of rotatable bonds is 12. The van der Waals surface area contributed by atoms with Gasteiger partial charge in [-0.25, -0.2) is 9.36 Å². The standard InChI is InChI=1S/C18H29O20P.Na.H/c19-3-6-11(24)14(27)18(5-20,36-6)37-15-13(26)12(25)10(23)7(35-15)4-34-8(21)1-17(30,16(28)29)2-9(22)38-39(31,32)33;;/h6-7,10-15,19-20,23-27,30H,1-5H2,(H,28,29)(H2,31,32,33);;/q;+1;-1/t6-,7-,10-,11-,12+,13-,14+,15-,17?,18+;;/m1../s1. The van der Waals surface area contributed by atoms with Crippen molar-refractivity contribution in [3.63, 3.8) is 0 Å². The molecule has 40 heavy (non-hydrogen) atoms. The van der Waals surface area contributed by atoms with Crippen LogP contribution in [0.25, 0.3) is 0 Å². The predicted octanol–water partition coefficient (Wildman–Crippen LogP) is -9.50. The minimum absolute atomic E-state index is 0. The van der Waals surface area contributed by atoms with Crippen LogP contribution < -0.4 is 29.6 Å². The summed E-state index contributed by atoms with van der Waals surface area (Å²) in [5.41, 5.74) is -3.25. The monoisotopic (exact) mass is 620 g/mol. The molecule has 0 bridgehead atoms. The third-order valence-corrected chi connectivity index (χ3v) is 6.23. The van der Waals surface area contributed by atoms with Crippen LogP contribution in [0.1, 0.15) is 14.3 Å². The number of carboxylic acid groups (broad SMARTS) is 1. The minimum Gasteiger partial charge on any atom is -1.00 e. The molecule has 0 spiro atoms. The Morgan fingerprint density at radius 2 is 1.50 bits per heavy atom. The van der Waals surface area contributed by atoms with Crippen LogP contribution in [-0.2, 0) is 42.4 Å². The molecule has 2 heterocycles. The number of ether oxygens (including phenoxy) is 4. The Bertz CT molecular complexity index is 953. The molecular weight excluding hydrogens is 590 g/mol. The molecule has 0 amide bonds. The van der Waals surface area contributed by atoms with E-state index < -0.39 is 119 Å². The molecule has 228 valence electrons. The number of hydrogen-bond donors (Lipinski definition) is 11. The zero-order chi connectivity index (χ0) is 29.9. The first-order chi connectivity index (χ1) is 17.9. The van der Waals surface area contributed by atoms with Crippen LogP contribution in [-0.4, -0.2) is 154 Å². The van der Waals surface area contributed by atoms with Crippen LogP contribution in [0.4, 0.5) is 0 Å². The van der Waals surface area contributed by atoms with Crippen LogP contribution in [0.3, 0.4) is 0 Å². The second-order valence-electron chi connectivity index (χ2n) is 8.70. The van der Waals surface area contributed by atoms with Gasteiger partial charge in [0.1, 0.15) is 55.9 Å². The van der Waals surface area contributed by atoms with Crippen molar-refractivity contribution >= 4 is 25.7 Å². The van der Waals surface area contributed by atoms with Gasteiger partial charge in [-0.2, -0.15) is 0 Å². The fourth-order valence-electron chi connectivity index (χ4n) is 3.70. The van der Waals surface area contributed by atoms with Gasteiger partial charge >= 0.3 is 55.3 Å². The van der Waals surface area contributed by atoms with Gasteiger partial charge in [0.15, 0.2) is 11.9 Å². The maximum atomic E-state index is 12.2. The van der Waals surface area contributed by atoms with E-state index in [2.05, 4.69) is 4.52 Å². The summed E-state index contributed by atoms with van der Waals surface area (Å²) in [5.74, 6) is -8.07. The third-order valence-electron chi connectivity index (χ3n) is 5.79. The Balaban J connectivity index is 0.00000800. The van der Waals surface area contributed by atoms with Gasteiger partial charge in [0.05, 0.1) is 19.4 Å². The van der Waals surface area contributed by atoms with E-state index >= 15 is 0 Å². The summed E-state index contributed by atoms with van der Waals surface area (Å²) < 4.78 is 34.7. The van der Waals surface area contributed by atoms with Crippen molar-refractivity contribution in [2.75, 3.05) is 19.8 Å². The number of hydrogen-bond acceptors (Lipinski definition) is 17. The molecule has 11 N–H and O–H groups in total. The van der Waals surface area contributed by atoms with Crippen LogP contribution >= 0.6 is 7.82 Å². The summed E-state index contributed by atoms with van der Waals surface area (Å²) in [7, 11) is -5.40. The molecule has 2 fully saturated rings. The normalized spacial score (nSPS) is 35.8. The predicted molar refractivity (Wildman–Crippen MR) is 114 cm³/mol. The molecule has 1 unspecified atom stereocenters. The van der Waals surface area contributed by atoms with E-state index in [4.69, 9.17) is 33.8 Å². The first kappa shape index (κ1) is 37.1. The SMILES string of the molecule is O=C(CC(O)(CC(=O)OP(=O)(O)O)C(=O)O)OC[C@H]1O[C@H](O[C@]2(CO)O[C@H](CO)[C@@H](O)[C@@H]2O)[C@H](O)[C@@H](O)[C@@H]1O.[H-].[Na+]. The van der Waals surface area contributed by atoms with Gasteiger partial charge in [-0.1, -0.05) is 0 Å². The molecule has 22 heteroatoms. The number of phosphoric acid groups is 1. The van der Waals surface area contributed by atoms with Crippen LogP contribution in [0.2, 0.25) is 0 Å². The third kappa shape index (κ3) is 8.82. The van der Waals surface area contributed by atoms with E-state index in [1.807, 2.05) is 0 Å². The van der Waals surface area contributed by atoms with Gasteiger partial charge in [-0.05, 0) is 0 Å². The van der Waals surface area contributed by atoms with Crippen molar-refractivity contribution in [1.29, 1.82) is 0 Å². The zero-order valence-electron chi connectivity index (χ0n) is 21.7. The van der Waals surface area contributed by atoms with E-state index in [1.165, 1.54) is 0 Å². The van der Waals surface area contributed by atoms with Gasteiger partial charge < -0.3 is 70.9 Å². The van der Waals surface area contributed by atoms with E-state index in [1.54, 1.807) is 0 Å². The minimum atomic E-state index is -5.40. The number of aliphatic hydroxyl groups excluding tert-OH is 7. The van der Waals surface area contributed by atoms with E-state index in [0.29, 0.717) is 0 Å². The first-order valence-corrected chi connectivity index (χ1v) is 12.4. The summed E-state index contributed by atoms with van der Waals surface area (Å²) in [5, 5.41) is 89.0. The molecule has 2 aliphatic heterocycles. The fraction of sp³-hybridized carbons (Fsp3) is 0.833. The molecule has 20 nitrogen and oxygen atoms in total. The smallest absolute Gasteiger partial charge is 1.00 e.